The lowest BCUT2D eigenvalue weighted by atomic mass is 10.0. The van der Waals surface area contributed by atoms with E-state index in [9.17, 15) is 19.7 Å². The van der Waals surface area contributed by atoms with Gasteiger partial charge in [-0.05, 0) is 44.1 Å². The van der Waals surface area contributed by atoms with Crippen molar-refractivity contribution in [3.8, 4) is 11.3 Å². The van der Waals surface area contributed by atoms with Crippen molar-refractivity contribution >= 4 is 46.0 Å². The standard InChI is InChI=1S/C22H21N3O6S/c1-3-13(21(27)30-4-2)9-10-23-20(26)17-12-19-16(24(17)22(23)32)11-18(31-19)14-5-7-15(8-6-14)25(28)29/h5-8,11-13H,3-4,9-10H2,1-2H3. The van der Waals surface area contributed by atoms with E-state index in [0.29, 0.717) is 59.2 Å². The molecular formula is C22H21N3O6S. The molecule has 1 unspecified atom stereocenters. The molecule has 0 spiro atoms. The number of ether oxygens (including phenoxy) is 1. The van der Waals surface area contributed by atoms with Crippen LogP contribution in [0.15, 0.2) is 40.8 Å². The molecule has 0 N–H and O–H groups in total. The number of esters is 1. The SMILES string of the molecule is CCOC(=O)C(CC)CCN1C(=O)c2cc3oc(-c4ccc([N+](=O)[O-])cc4)cc3n2C1=S. The molecule has 1 aromatic carbocycles. The van der Waals surface area contributed by atoms with Gasteiger partial charge in [-0.3, -0.25) is 29.2 Å². The molecule has 2 aromatic heterocycles. The third-order valence-electron chi connectivity index (χ3n) is 5.55. The molecule has 1 atom stereocenters. The van der Waals surface area contributed by atoms with Gasteiger partial charge in [0.2, 0.25) is 0 Å². The molecule has 32 heavy (non-hydrogen) atoms. The molecule has 0 saturated carbocycles. The average Bonchev–Trinajstić information content (AvgIpc) is 3.40. The van der Waals surface area contributed by atoms with Gasteiger partial charge in [-0.1, -0.05) is 6.92 Å². The van der Waals surface area contributed by atoms with Crippen molar-refractivity contribution in [2.75, 3.05) is 13.2 Å². The Hall–Kier alpha value is -3.53. The summed E-state index contributed by atoms with van der Waals surface area (Å²) in [6.45, 7) is 4.30. The third kappa shape index (κ3) is 3.66. The number of rotatable bonds is 8. The highest BCUT2D eigenvalue weighted by Crippen LogP contribution is 2.34. The maximum absolute atomic E-state index is 12.9. The number of benzene rings is 1. The number of nitro benzene ring substituents is 1. The molecule has 3 heterocycles. The highest BCUT2D eigenvalue weighted by Gasteiger charge is 2.36. The summed E-state index contributed by atoms with van der Waals surface area (Å²) in [5.74, 6) is -0.287. The van der Waals surface area contributed by atoms with Crippen LogP contribution in [0.25, 0.3) is 22.4 Å². The maximum Gasteiger partial charge on any atom is 0.308 e. The fraction of sp³-hybridized carbons (Fsp3) is 0.318. The number of carbonyl (C=O) groups is 2. The molecule has 1 aliphatic rings. The summed E-state index contributed by atoms with van der Waals surface area (Å²) in [5, 5.41) is 11.2. The van der Waals surface area contributed by atoms with Crippen LogP contribution in [0, 0.1) is 16.0 Å². The molecule has 0 saturated heterocycles. The Morgan fingerprint density at radius 1 is 1.25 bits per heavy atom. The van der Waals surface area contributed by atoms with Crippen molar-refractivity contribution < 1.29 is 23.7 Å². The number of nitro groups is 1. The van der Waals surface area contributed by atoms with Gasteiger partial charge < -0.3 is 9.15 Å². The van der Waals surface area contributed by atoms with E-state index in [-0.39, 0.29) is 23.5 Å². The predicted molar refractivity (Wildman–Crippen MR) is 120 cm³/mol. The topological polar surface area (TPSA) is 108 Å². The van der Waals surface area contributed by atoms with Gasteiger partial charge >= 0.3 is 5.97 Å². The van der Waals surface area contributed by atoms with Crippen LogP contribution in [0.2, 0.25) is 0 Å². The van der Waals surface area contributed by atoms with E-state index in [2.05, 4.69) is 0 Å². The van der Waals surface area contributed by atoms with E-state index in [0.717, 1.165) is 0 Å². The highest BCUT2D eigenvalue weighted by atomic mass is 32.1. The summed E-state index contributed by atoms with van der Waals surface area (Å²) < 4.78 is 12.6. The molecule has 9 nitrogen and oxygen atoms in total. The van der Waals surface area contributed by atoms with Crippen LogP contribution >= 0.6 is 12.2 Å². The molecule has 0 fully saturated rings. The van der Waals surface area contributed by atoms with Crippen LogP contribution in [0.1, 0.15) is 37.2 Å². The van der Waals surface area contributed by atoms with Gasteiger partial charge in [0.1, 0.15) is 11.5 Å². The number of fused-ring (bicyclic) bond motifs is 3. The smallest absolute Gasteiger partial charge is 0.308 e. The number of thiocarbonyl (C=S) groups is 1. The molecule has 0 radical (unpaired) electrons. The van der Waals surface area contributed by atoms with Gasteiger partial charge in [0.05, 0.1) is 23.0 Å². The minimum atomic E-state index is -0.463. The number of hydrogen-bond acceptors (Lipinski definition) is 7. The second-order valence-corrected chi connectivity index (χ2v) is 7.78. The molecule has 166 valence electrons. The largest absolute Gasteiger partial charge is 0.466 e. The van der Waals surface area contributed by atoms with E-state index in [4.69, 9.17) is 21.4 Å². The van der Waals surface area contributed by atoms with Crippen molar-refractivity contribution in [2.45, 2.75) is 26.7 Å². The highest BCUT2D eigenvalue weighted by molar-refractivity contribution is 7.80. The Morgan fingerprint density at radius 3 is 2.59 bits per heavy atom. The van der Waals surface area contributed by atoms with E-state index < -0.39 is 4.92 Å². The zero-order valence-corrected chi connectivity index (χ0v) is 18.4. The fourth-order valence-electron chi connectivity index (χ4n) is 3.82. The normalized spacial score (nSPS) is 14.1. The summed E-state index contributed by atoms with van der Waals surface area (Å²) >= 11 is 5.57. The van der Waals surface area contributed by atoms with E-state index in [1.54, 1.807) is 35.8 Å². The second kappa shape index (κ2) is 8.54. The Kier molecular flexibility index (Phi) is 5.79. The van der Waals surface area contributed by atoms with Gasteiger partial charge in [0.15, 0.2) is 10.7 Å². The molecule has 0 bridgehead atoms. The Balaban J connectivity index is 1.56. The molecule has 1 aliphatic heterocycles. The fourth-order valence-corrected chi connectivity index (χ4v) is 4.19. The monoisotopic (exact) mass is 455 g/mol. The molecule has 0 aliphatic carbocycles. The third-order valence-corrected chi connectivity index (χ3v) is 5.96. The summed E-state index contributed by atoms with van der Waals surface area (Å²) in [7, 11) is 0. The molecule has 3 aromatic rings. The van der Waals surface area contributed by atoms with Crippen molar-refractivity contribution in [1.82, 2.24) is 9.47 Å². The van der Waals surface area contributed by atoms with Crippen LogP contribution < -0.4 is 0 Å². The number of amides is 1. The summed E-state index contributed by atoms with van der Waals surface area (Å²) in [6.07, 6.45) is 1.07. The van der Waals surface area contributed by atoms with Crippen LogP contribution in [-0.2, 0) is 9.53 Å². The van der Waals surface area contributed by atoms with Gasteiger partial charge in [-0.2, -0.15) is 0 Å². The Morgan fingerprint density at radius 2 is 1.97 bits per heavy atom. The summed E-state index contributed by atoms with van der Waals surface area (Å²) in [5.41, 5.74) is 2.22. The first-order chi connectivity index (χ1) is 15.3. The number of nitrogens with zero attached hydrogens (tertiary/aromatic N) is 3. The first-order valence-electron chi connectivity index (χ1n) is 10.3. The number of aromatic nitrogens is 1. The number of furan rings is 1. The summed E-state index contributed by atoms with van der Waals surface area (Å²) in [4.78, 5) is 36.9. The number of carbonyl (C=O) groups excluding carboxylic acids is 2. The maximum atomic E-state index is 12.9. The zero-order chi connectivity index (χ0) is 23.0. The Bertz CT molecular complexity index is 1230. The predicted octanol–water partition coefficient (Wildman–Crippen LogP) is 4.38. The lowest BCUT2D eigenvalue weighted by Gasteiger charge is -2.19. The Labute approximate surface area is 188 Å². The van der Waals surface area contributed by atoms with Crippen LogP contribution in [0.3, 0.4) is 0 Å². The first kappa shape index (κ1) is 21.7. The minimum Gasteiger partial charge on any atom is -0.466 e. The van der Waals surface area contributed by atoms with Crippen LogP contribution in [0.4, 0.5) is 5.69 Å². The lowest BCUT2D eigenvalue weighted by Crippen LogP contribution is -2.34. The van der Waals surface area contributed by atoms with E-state index in [1.807, 2.05) is 6.92 Å². The second-order valence-electron chi connectivity index (χ2n) is 7.41. The van der Waals surface area contributed by atoms with Crippen molar-refractivity contribution in [3.63, 3.8) is 0 Å². The molecular weight excluding hydrogens is 434 g/mol. The molecule has 1 amide bonds. The number of hydrogen-bond donors (Lipinski definition) is 0. The van der Waals surface area contributed by atoms with Crippen molar-refractivity contribution in [3.05, 3.63) is 52.2 Å². The minimum absolute atomic E-state index is 0.00908. The lowest BCUT2D eigenvalue weighted by molar-refractivity contribution is -0.384. The van der Waals surface area contributed by atoms with Crippen molar-refractivity contribution in [1.29, 1.82) is 0 Å². The zero-order valence-electron chi connectivity index (χ0n) is 17.6. The van der Waals surface area contributed by atoms with Gasteiger partial charge in [0, 0.05) is 36.4 Å². The molecule has 10 heteroatoms. The first-order valence-corrected chi connectivity index (χ1v) is 10.7. The molecule has 4 rings (SSSR count). The van der Waals surface area contributed by atoms with Crippen LogP contribution in [-0.4, -0.2) is 44.5 Å². The average molecular weight is 455 g/mol. The summed E-state index contributed by atoms with van der Waals surface area (Å²) in [6, 6.07) is 9.43. The van der Waals surface area contributed by atoms with E-state index >= 15 is 0 Å². The van der Waals surface area contributed by atoms with Gasteiger partial charge in [-0.25, -0.2) is 0 Å². The van der Waals surface area contributed by atoms with Crippen LogP contribution in [0.5, 0.6) is 0 Å². The van der Waals surface area contributed by atoms with Crippen molar-refractivity contribution in [2.24, 2.45) is 5.92 Å². The number of non-ortho nitro benzene ring substituents is 1. The quantitative estimate of drug-likeness (QED) is 0.215. The van der Waals surface area contributed by atoms with E-state index in [1.165, 1.54) is 17.0 Å². The van der Waals surface area contributed by atoms with Gasteiger partial charge in [-0.15, -0.1) is 0 Å². The van der Waals surface area contributed by atoms with Gasteiger partial charge in [0.25, 0.3) is 11.6 Å².